The molecule has 0 aromatic carbocycles. The van der Waals surface area contributed by atoms with Crippen molar-refractivity contribution >= 4 is 12.6 Å². The van der Waals surface area contributed by atoms with Crippen LogP contribution in [0.25, 0.3) is 0 Å². The quantitative estimate of drug-likeness (QED) is 0.636. The molecule has 0 fully saturated rings. The Labute approximate surface area is 110 Å². The summed E-state index contributed by atoms with van der Waals surface area (Å²) in [7, 11) is 0. The van der Waals surface area contributed by atoms with Gasteiger partial charge in [-0.1, -0.05) is 31.7 Å². The number of nitrogens with one attached hydrogen (secondary N) is 1. The van der Waals surface area contributed by atoms with E-state index in [-0.39, 0.29) is 6.04 Å². The standard InChI is InChI=1S/C14H24N2S/c1-4-13(14(15)9-17)11-5-7-12(8-6-11)16-10(2)3/h5-7,12-14,16-17H,2,4,8-9,15H2,1,3H3. The van der Waals surface area contributed by atoms with Crippen LogP contribution in [-0.4, -0.2) is 17.8 Å². The Morgan fingerprint density at radius 3 is 2.82 bits per heavy atom. The molecule has 0 saturated carbocycles. The molecule has 0 saturated heterocycles. The van der Waals surface area contributed by atoms with Crippen LogP contribution in [0.5, 0.6) is 0 Å². The highest BCUT2D eigenvalue weighted by Gasteiger charge is 2.19. The summed E-state index contributed by atoms with van der Waals surface area (Å²) in [4.78, 5) is 0. The van der Waals surface area contributed by atoms with Gasteiger partial charge in [0.1, 0.15) is 0 Å². The fraction of sp³-hybridized carbons (Fsp3) is 0.571. The predicted octanol–water partition coefficient (Wildman–Crippen LogP) is 2.65. The summed E-state index contributed by atoms with van der Waals surface area (Å²) in [6.07, 6.45) is 8.77. The van der Waals surface area contributed by atoms with Crippen molar-refractivity contribution in [3.05, 3.63) is 36.1 Å². The number of rotatable bonds is 6. The Balaban J connectivity index is 2.61. The molecule has 0 aromatic heterocycles. The SMILES string of the molecule is C=C(C)NC1C=CC(C(CC)C(N)CS)=CC1. The molecule has 0 aliphatic heterocycles. The van der Waals surface area contributed by atoms with Crippen molar-refractivity contribution in [3.8, 4) is 0 Å². The van der Waals surface area contributed by atoms with Gasteiger partial charge in [-0.3, -0.25) is 0 Å². The van der Waals surface area contributed by atoms with Gasteiger partial charge in [-0.15, -0.1) is 0 Å². The molecule has 1 rings (SSSR count). The maximum Gasteiger partial charge on any atom is 0.0478 e. The molecule has 3 unspecified atom stereocenters. The second-order valence-corrected chi connectivity index (χ2v) is 5.06. The topological polar surface area (TPSA) is 38.0 Å². The van der Waals surface area contributed by atoms with Crippen LogP contribution in [0, 0.1) is 5.92 Å². The first-order chi connectivity index (χ1) is 8.08. The fourth-order valence-corrected chi connectivity index (χ4v) is 2.50. The number of hydrogen-bond donors (Lipinski definition) is 3. The summed E-state index contributed by atoms with van der Waals surface area (Å²) in [5.41, 5.74) is 8.46. The average Bonchev–Trinajstić information content (AvgIpc) is 2.31. The summed E-state index contributed by atoms with van der Waals surface area (Å²) in [5, 5.41) is 3.33. The third-order valence-electron chi connectivity index (χ3n) is 3.16. The Bertz CT molecular complexity index is 320. The van der Waals surface area contributed by atoms with Gasteiger partial charge in [0.25, 0.3) is 0 Å². The first-order valence-electron chi connectivity index (χ1n) is 6.25. The third-order valence-corrected chi connectivity index (χ3v) is 3.58. The van der Waals surface area contributed by atoms with E-state index in [2.05, 4.69) is 49.7 Å². The van der Waals surface area contributed by atoms with E-state index in [1.807, 2.05) is 6.92 Å². The van der Waals surface area contributed by atoms with Gasteiger partial charge < -0.3 is 11.1 Å². The van der Waals surface area contributed by atoms with E-state index in [0.29, 0.717) is 12.0 Å². The highest BCUT2D eigenvalue weighted by atomic mass is 32.1. The zero-order valence-electron chi connectivity index (χ0n) is 10.8. The minimum Gasteiger partial charge on any atom is -0.383 e. The van der Waals surface area contributed by atoms with E-state index < -0.39 is 0 Å². The number of allylic oxidation sites excluding steroid dienone is 2. The highest BCUT2D eigenvalue weighted by Crippen LogP contribution is 2.24. The van der Waals surface area contributed by atoms with Crippen molar-refractivity contribution in [2.45, 2.75) is 38.8 Å². The molecule has 3 N–H and O–H groups in total. The molecule has 3 atom stereocenters. The highest BCUT2D eigenvalue weighted by molar-refractivity contribution is 7.80. The summed E-state index contributed by atoms with van der Waals surface area (Å²) < 4.78 is 0. The molecule has 0 radical (unpaired) electrons. The van der Waals surface area contributed by atoms with Gasteiger partial charge in [-0.2, -0.15) is 12.6 Å². The fourth-order valence-electron chi connectivity index (χ4n) is 2.25. The molecule has 0 amide bonds. The monoisotopic (exact) mass is 252 g/mol. The molecule has 96 valence electrons. The van der Waals surface area contributed by atoms with E-state index in [1.54, 1.807) is 0 Å². The second-order valence-electron chi connectivity index (χ2n) is 4.69. The van der Waals surface area contributed by atoms with Crippen LogP contribution in [0.3, 0.4) is 0 Å². The van der Waals surface area contributed by atoms with Gasteiger partial charge in [-0.25, -0.2) is 0 Å². The second kappa shape index (κ2) is 6.92. The zero-order valence-corrected chi connectivity index (χ0v) is 11.7. The predicted molar refractivity (Wildman–Crippen MR) is 79.2 cm³/mol. The largest absolute Gasteiger partial charge is 0.383 e. The number of nitrogens with two attached hydrogens (primary N) is 1. The lowest BCUT2D eigenvalue weighted by molar-refractivity contribution is 0.502. The van der Waals surface area contributed by atoms with E-state index >= 15 is 0 Å². The van der Waals surface area contributed by atoms with Crippen LogP contribution in [0.2, 0.25) is 0 Å². The zero-order chi connectivity index (χ0) is 12.8. The summed E-state index contributed by atoms with van der Waals surface area (Å²) in [6.45, 7) is 8.03. The lowest BCUT2D eigenvalue weighted by Crippen LogP contribution is -2.34. The van der Waals surface area contributed by atoms with Crippen molar-refractivity contribution in [1.82, 2.24) is 5.32 Å². The van der Waals surface area contributed by atoms with Gasteiger partial charge >= 0.3 is 0 Å². The van der Waals surface area contributed by atoms with E-state index in [9.17, 15) is 0 Å². The molecule has 17 heavy (non-hydrogen) atoms. The molecule has 1 aliphatic rings. The number of hydrogen-bond acceptors (Lipinski definition) is 3. The minimum atomic E-state index is 0.143. The van der Waals surface area contributed by atoms with Gasteiger partial charge in [0.15, 0.2) is 0 Å². The Morgan fingerprint density at radius 1 is 1.71 bits per heavy atom. The van der Waals surface area contributed by atoms with E-state index in [1.165, 1.54) is 5.57 Å². The minimum absolute atomic E-state index is 0.143. The van der Waals surface area contributed by atoms with Crippen molar-refractivity contribution in [1.29, 1.82) is 0 Å². The molecule has 0 aromatic rings. The summed E-state index contributed by atoms with van der Waals surface area (Å²) >= 11 is 4.29. The van der Waals surface area contributed by atoms with Gasteiger partial charge in [0, 0.05) is 23.5 Å². The molecule has 0 heterocycles. The average molecular weight is 252 g/mol. The van der Waals surface area contributed by atoms with Crippen LogP contribution in [0.4, 0.5) is 0 Å². The Hall–Kier alpha value is -0.670. The van der Waals surface area contributed by atoms with Crippen LogP contribution < -0.4 is 11.1 Å². The molecule has 3 heteroatoms. The van der Waals surface area contributed by atoms with Gasteiger partial charge in [0.2, 0.25) is 0 Å². The van der Waals surface area contributed by atoms with Crippen LogP contribution in [0.15, 0.2) is 36.1 Å². The van der Waals surface area contributed by atoms with Crippen LogP contribution in [0.1, 0.15) is 26.7 Å². The van der Waals surface area contributed by atoms with E-state index in [0.717, 1.165) is 24.3 Å². The maximum atomic E-state index is 6.09. The maximum absolute atomic E-state index is 6.09. The Kier molecular flexibility index (Phi) is 5.86. The summed E-state index contributed by atoms with van der Waals surface area (Å²) in [6, 6.07) is 0.519. The molecular formula is C14H24N2S. The number of thiol groups is 1. The molecule has 1 aliphatic carbocycles. The van der Waals surface area contributed by atoms with Crippen LogP contribution >= 0.6 is 12.6 Å². The lowest BCUT2D eigenvalue weighted by atomic mass is 9.86. The smallest absolute Gasteiger partial charge is 0.0478 e. The first-order valence-corrected chi connectivity index (χ1v) is 6.88. The summed E-state index contributed by atoms with van der Waals surface area (Å²) in [5.74, 6) is 1.16. The van der Waals surface area contributed by atoms with E-state index in [4.69, 9.17) is 5.73 Å². The normalized spacial score (nSPS) is 22.8. The molecule has 0 bridgehead atoms. The van der Waals surface area contributed by atoms with Gasteiger partial charge in [-0.05, 0) is 31.3 Å². The molecule has 0 spiro atoms. The van der Waals surface area contributed by atoms with Gasteiger partial charge in [0.05, 0.1) is 0 Å². The van der Waals surface area contributed by atoms with Crippen molar-refractivity contribution in [3.63, 3.8) is 0 Å². The molecule has 2 nitrogen and oxygen atoms in total. The van der Waals surface area contributed by atoms with Crippen molar-refractivity contribution < 1.29 is 0 Å². The van der Waals surface area contributed by atoms with Crippen molar-refractivity contribution in [2.75, 3.05) is 5.75 Å². The lowest BCUT2D eigenvalue weighted by Gasteiger charge is -2.26. The van der Waals surface area contributed by atoms with Crippen LogP contribution in [-0.2, 0) is 0 Å². The van der Waals surface area contributed by atoms with Crippen molar-refractivity contribution in [2.24, 2.45) is 11.7 Å². The molecular weight excluding hydrogens is 228 g/mol. The Morgan fingerprint density at radius 2 is 2.41 bits per heavy atom. The first kappa shape index (κ1) is 14.4. The third kappa shape index (κ3) is 4.25.